The standard InChI is InChI=1S/C11H16.C9H10Cl2.CH4/c1-4-10-5-7-11(8-6-10)9(2)3;1-7(11)9-4-2-8(6-10)3-5-9;/h5-9H,4H2,1-3H3;2-5,7H,6H2,1H3;1H4. The van der Waals surface area contributed by atoms with Gasteiger partial charge in [0.15, 0.2) is 0 Å². The molecule has 0 bridgehead atoms. The number of aryl methyl sites for hydroxylation is 1. The number of hydrogen-bond acceptors (Lipinski definition) is 0. The SMILES string of the molecule is C.CC(Cl)c1ccc(CCl)cc1.CCc1ccc(C(C)C)cc1. The van der Waals surface area contributed by atoms with Gasteiger partial charge in [0, 0.05) is 5.88 Å². The summed E-state index contributed by atoms with van der Waals surface area (Å²) >= 11 is 11.5. The summed E-state index contributed by atoms with van der Waals surface area (Å²) < 4.78 is 0. The number of hydrogen-bond donors (Lipinski definition) is 0. The number of benzene rings is 2. The maximum absolute atomic E-state index is 5.87. The molecular formula is C21H30Cl2. The third-order valence-corrected chi connectivity index (χ3v) is 4.21. The predicted molar refractivity (Wildman–Crippen MR) is 107 cm³/mol. The number of rotatable bonds is 4. The van der Waals surface area contributed by atoms with Crippen LogP contribution in [0.3, 0.4) is 0 Å². The first kappa shape index (κ1) is 22.0. The molecule has 0 saturated heterocycles. The van der Waals surface area contributed by atoms with Gasteiger partial charge in [-0.15, -0.1) is 23.2 Å². The number of alkyl halides is 2. The molecule has 0 spiro atoms. The van der Waals surface area contributed by atoms with Crippen LogP contribution in [0.5, 0.6) is 0 Å². The maximum Gasteiger partial charge on any atom is 0.0557 e. The minimum absolute atomic E-state index is 0. The molecule has 0 amide bonds. The van der Waals surface area contributed by atoms with Crippen molar-refractivity contribution in [2.45, 2.75) is 58.7 Å². The second-order valence-electron chi connectivity index (χ2n) is 5.74. The van der Waals surface area contributed by atoms with Gasteiger partial charge in [0.05, 0.1) is 5.38 Å². The monoisotopic (exact) mass is 352 g/mol. The van der Waals surface area contributed by atoms with Crippen LogP contribution >= 0.6 is 23.2 Å². The summed E-state index contributed by atoms with van der Waals surface area (Å²) in [5.41, 5.74) is 5.13. The molecule has 2 aromatic rings. The van der Waals surface area contributed by atoms with Crippen LogP contribution in [0.1, 0.15) is 68.7 Å². The molecule has 0 aliphatic heterocycles. The highest BCUT2D eigenvalue weighted by atomic mass is 35.5. The van der Waals surface area contributed by atoms with Crippen LogP contribution in [-0.4, -0.2) is 0 Å². The van der Waals surface area contributed by atoms with E-state index in [0.29, 0.717) is 11.8 Å². The third kappa shape index (κ3) is 7.90. The van der Waals surface area contributed by atoms with E-state index in [-0.39, 0.29) is 12.8 Å². The minimum Gasteiger partial charge on any atom is -0.122 e. The van der Waals surface area contributed by atoms with Crippen molar-refractivity contribution in [2.75, 3.05) is 0 Å². The highest BCUT2D eigenvalue weighted by molar-refractivity contribution is 6.20. The summed E-state index contributed by atoms with van der Waals surface area (Å²) in [6.45, 7) is 8.59. The van der Waals surface area contributed by atoms with Gasteiger partial charge in [0.25, 0.3) is 0 Å². The first-order valence-electron chi connectivity index (χ1n) is 7.85. The van der Waals surface area contributed by atoms with Crippen LogP contribution in [0.4, 0.5) is 0 Å². The Morgan fingerprint density at radius 2 is 1.22 bits per heavy atom. The fourth-order valence-electron chi connectivity index (χ4n) is 2.01. The van der Waals surface area contributed by atoms with Gasteiger partial charge in [-0.05, 0) is 41.5 Å². The zero-order valence-electron chi connectivity index (χ0n) is 13.9. The molecule has 2 aromatic carbocycles. The molecule has 0 aliphatic rings. The molecule has 0 fully saturated rings. The van der Waals surface area contributed by atoms with Crippen molar-refractivity contribution >= 4 is 23.2 Å². The normalized spacial score (nSPS) is 11.3. The van der Waals surface area contributed by atoms with E-state index in [1.54, 1.807) is 0 Å². The molecule has 128 valence electrons. The van der Waals surface area contributed by atoms with Gasteiger partial charge in [-0.3, -0.25) is 0 Å². The van der Waals surface area contributed by atoms with Crippen LogP contribution in [0.15, 0.2) is 48.5 Å². The first-order valence-corrected chi connectivity index (χ1v) is 8.82. The Labute approximate surface area is 152 Å². The zero-order chi connectivity index (χ0) is 16.5. The summed E-state index contributed by atoms with van der Waals surface area (Å²) in [4.78, 5) is 0. The average molecular weight is 353 g/mol. The summed E-state index contributed by atoms with van der Waals surface area (Å²) in [5.74, 6) is 1.22. The van der Waals surface area contributed by atoms with E-state index < -0.39 is 0 Å². The highest BCUT2D eigenvalue weighted by Gasteiger charge is 1.99. The Kier molecular flexibility index (Phi) is 11.0. The van der Waals surface area contributed by atoms with Gasteiger partial charge >= 0.3 is 0 Å². The lowest BCUT2D eigenvalue weighted by Crippen LogP contribution is -1.87. The van der Waals surface area contributed by atoms with Gasteiger partial charge in [0.2, 0.25) is 0 Å². The molecule has 0 radical (unpaired) electrons. The van der Waals surface area contributed by atoms with Crippen LogP contribution < -0.4 is 0 Å². The van der Waals surface area contributed by atoms with Gasteiger partial charge in [0.1, 0.15) is 0 Å². The summed E-state index contributed by atoms with van der Waals surface area (Å²) in [6.07, 6.45) is 1.14. The first-order chi connectivity index (χ1) is 10.5. The van der Waals surface area contributed by atoms with Crippen LogP contribution in [0.2, 0.25) is 0 Å². The second-order valence-corrected chi connectivity index (χ2v) is 6.66. The summed E-state index contributed by atoms with van der Waals surface area (Å²) in [7, 11) is 0. The zero-order valence-corrected chi connectivity index (χ0v) is 15.5. The van der Waals surface area contributed by atoms with Crippen molar-refractivity contribution < 1.29 is 0 Å². The second kappa shape index (κ2) is 11.5. The molecule has 0 nitrogen and oxygen atoms in total. The smallest absolute Gasteiger partial charge is 0.0557 e. The summed E-state index contributed by atoms with van der Waals surface area (Å²) in [6, 6.07) is 16.9. The number of halogens is 2. The molecule has 0 N–H and O–H groups in total. The Morgan fingerprint density at radius 1 is 0.783 bits per heavy atom. The molecule has 2 rings (SSSR count). The molecule has 0 aliphatic carbocycles. The van der Waals surface area contributed by atoms with Crippen molar-refractivity contribution in [1.82, 2.24) is 0 Å². The molecule has 1 unspecified atom stereocenters. The molecule has 0 saturated carbocycles. The fourth-order valence-corrected chi connectivity index (χ4v) is 2.33. The Bertz CT molecular complexity index is 473. The van der Waals surface area contributed by atoms with Crippen molar-refractivity contribution in [3.05, 3.63) is 70.8 Å². The average Bonchev–Trinajstić information content (AvgIpc) is 2.55. The summed E-state index contributed by atoms with van der Waals surface area (Å²) in [5, 5.41) is 0.0828. The van der Waals surface area contributed by atoms with Crippen molar-refractivity contribution in [2.24, 2.45) is 0 Å². The molecule has 1 atom stereocenters. The van der Waals surface area contributed by atoms with E-state index in [1.807, 2.05) is 31.2 Å². The van der Waals surface area contributed by atoms with E-state index in [2.05, 4.69) is 45.0 Å². The maximum atomic E-state index is 5.87. The van der Waals surface area contributed by atoms with E-state index >= 15 is 0 Å². The van der Waals surface area contributed by atoms with Crippen LogP contribution in [0.25, 0.3) is 0 Å². The van der Waals surface area contributed by atoms with E-state index in [9.17, 15) is 0 Å². The van der Waals surface area contributed by atoms with E-state index in [4.69, 9.17) is 23.2 Å². The largest absolute Gasteiger partial charge is 0.122 e. The lowest BCUT2D eigenvalue weighted by Gasteiger charge is -2.04. The van der Waals surface area contributed by atoms with E-state index in [0.717, 1.165) is 17.5 Å². The van der Waals surface area contributed by atoms with Crippen molar-refractivity contribution in [3.63, 3.8) is 0 Å². The molecule has 2 heteroatoms. The quantitative estimate of drug-likeness (QED) is 0.493. The topological polar surface area (TPSA) is 0 Å². The van der Waals surface area contributed by atoms with Crippen molar-refractivity contribution in [3.8, 4) is 0 Å². The Hall–Kier alpha value is -0.980. The lowest BCUT2D eigenvalue weighted by molar-refractivity contribution is 0.865. The fraction of sp³-hybridized carbons (Fsp3) is 0.429. The van der Waals surface area contributed by atoms with Crippen molar-refractivity contribution in [1.29, 1.82) is 0 Å². The minimum atomic E-state index is 0. The molecule has 0 aromatic heterocycles. The highest BCUT2D eigenvalue weighted by Crippen LogP contribution is 2.19. The van der Waals surface area contributed by atoms with Gasteiger partial charge in [-0.2, -0.15) is 0 Å². The Balaban J connectivity index is 0.000000403. The molecular weight excluding hydrogens is 323 g/mol. The van der Waals surface area contributed by atoms with Crippen LogP contribution in [-0.2, 0) is 12.3 Å². The van der Waals surface area contributed by atoms with E-state index in [1.165, 1.54) is 11.1 Å². The van der Waals surface area contributed by atoms with Gasteiger partial charge in [-0.25, -0.2) is 0 Å². The van der Waals surface area contributed by atoms with Gasteiger partial charge in [-0.1, -0.05) is 76.7 Å². The Morgan fingerprint density at radius 3 is 1.57 bits per heavy atom. The molecule has 23 heavy (non-hydrogen) atoms. The molecule has 0 heterocycles. The lowest BCUT2D eigenvalue weighted by atomic mass is 10.0. The van der Waals surface area contributed by atoms with Gasteiger partial charge < -0.3 is 0 Å². The predicted octanol–water partition coefficient (Wildman–Crippen LogP) is 7.73. The van der Waals surface area contributed by atoms with Crippen LogP contribution in [0, 0.1) is 0 Å². The third-order valence-electron chi connectivity index (χ3n) is 3.65.